The van der Waals surface area contributed by atoms with Crippen molar-refractivity contribution in [2.45, 2.75) is 72.1 Å². The van der Waals surface area contributed by atoms with Crippen LogP contribution in [0.25, 0.3) is 0 Å². The molecule has 0 unspecified atom stereocenters. The van der Waals surface area contributed by atoms with Gasteiger partial charge in [0.05, 0.1) is 5.69 Å². The first kappa shape index (κ1) is 13.3. The number of hydrogen-bond acceptors (Lipinski definition) is 2. The van der Waals surface area contributed by atoms with Crippen molar-refractivity contribution in [3.63, 3.8) is 0 Å². The fourth-order valence-electron chi connectivity index (χ4n) is 2.12. The summed E-state index contributed by atoms with van der Waals surface area (Å²) in [5, 5.41) is 4.04. The lowest BCUT2D eigenvalue weighted by molar-refractivity contribution is 0.381. The van der Waals surface area contributed by atoms with Crippen molar-refractivity contribution < 1.29 is 4.52 Å². The van der Waals surface area contributed by atoms with Gasteiger partial charge in [0, 0.05) is 12.0 Å². The quantitative estimate of drug-likeness (QED) is 0.609. The number of aryl methyl sites for hydroxylation is 2. The van der Waals surface area contributed by atoms with E-state index in [1.165, 1.54) is 44.1 Å². The van der Waals surface area contributed by atoms with Gasteiger partial charge < -0.3 is 4.52 Å². The van der Waals surface area contributed by atoms with Gasteiger partial charge in [-0.05, 0) is 19.8 Å². The fraction of sp³-hybridized carbons (Fsp3) is 0.786. The van der Waals surface area contributed by atoms with Crippen LogP contribution in [-0.4, -0.2) is 5.16 Å². The maximum atomic E-state index is 5.29. The first-order valence-corrected chi connectivity index (χ1v) is 6.73. The molecule has 0 radical (unpaired) electrons. The Morgan fingerprint density at radius 3 is 2.38 bits per heavy atom. The van der Waals surface area contributed by atoms with Gasteiger partial charge in [-0.15, -0.1) is 0 Å². The van der Waals surface area contributed by atoms with E-state index in [-0.39, 0.29) is 0 Å². The average molecular weight is 223 g/mol. The zero-order valence-electron chi connectivity index (χ0n) is 11.0. The largest absolute Gasteiger partial charge is 0.361 e. The van der Waals surface area contributed by atoms with Gasteiger partial charge in [0.2, 0.25) is 0 Å². The van der Waals surface area contributed by atoms with Crippen molar-refractivity contribution in [3.05, 3.63) is 17.0 Å². The molecule has 0 atom stereocenters. The first-order valence-electron chi connectivity index (χ1n) is 6.73. The van der Waals surface area contributed by atoms with E-state index < -0.39 is 0 Å². The van der Waals surface area contributed by atoms with Gasteiger partial charge in [0.1, 0.15) is 5.76 Å². The van der Waals surface area contributed by atoms with Crippen molar-refractivity contribution in [2.75, 3.05) is 0 Å². The van der Waals surface area contributed by atoms with E-state index in [1.807, 2.05) is 0 Å². The van der Waals surface area contributed by atoms with Crippen LogP contribution in [0.4, 0.5) is 0 Å². The Balaban J connectivity index is 2.23. The molecule has 0 fully saturated rings. The highest BCUT2D eigenvalue weighted by molar-refractivity contribution is 5.21. The summed E-state index contributed by atoms with van der Waals surface area (Å²) in [5.74, 6) is 1.09. The number of rotatable bonds is 8. The van der Waals surface area contributed by atoms with Crippen LogP contribution >= 0.6 is 0 Å². The van der Waals surface area contributed by atoms with Crippen molar-refractivity contribution in [1.82, 2.24) is 5.16 Å². The molecule has 0 aliphatic rings. The third-order valence-electron chi connectivity index (χ3n) is 3.17. The second-order valence-electron chi connectivity index (χ2n) is 4.54. The Labute approximate surface area is 99.4 Å². The molecule has 0 aliphatic heterocycles. The molecule has 1 aromatic heterocycles. The number of nitrogens with zero attached hydrogens (tertiary/aromatic N) is 1. The topological polar surface area (TPSA) is 26.0 Å². The lowest BCUT2D eigenvalue weighted by atomic mass is 10.0. The molecule has 1 heterocycles. The van der Waals surface area contributed by atoms with Gasteiger partial charge >= 0.3 is 0 Å². The van der Waals surface area contributed by atoms with Crippen LogP contribution in [0.1, 0.15) is 69.4 Å². The van der Waals surface area contributed by atoms with Crippen molar-refractivity contribution in [3.8, 4) is 0 Å². The maximum Gasteiger partial charge on any atom is 0.139 e. The van der Waals surface area contributed by atoms with Gasteiger partial charge in [0.15, 0.2) is 0 Å². The smallest absolute Gasteiger partial charge is 0.139 e. The number of unbranched alkanes of at least 4 members (excludes halogenated alkanes) is 5. The minimum absolute atomic E-state index is 0.964. The molecule has 0 aliphatic carbocycles. The number of aromatic nitrogens is 1. The van der Waals surface area contributed by atoms with Gasteiger partial charge in [-0.3, -0.25) is 0 Å². The van der Waals surface area contributed by atoms with Crippen LogP contribution < -0.4 is 0 Å². The summed E-state index contributed by atoms with van der Waals surface area (Å²) >= 11 is 0. The highest BCUT2D eigenvalue weighted by Crippen LogP contribution is 2.17. The Kier molecular flexibility index (Phi) is 6.20. The SMILES string of the molecule is CCCCCCCCc1c(C)noc1CC. The van der Waals surface area contributed by atoms with Crippen molar-refractivity contribution in [2.24, 2.45) is 0 Å². The van der Waals surface area contributed by atoms with Gasteiger partial charge in [-0.25, -0.2) is 0 Å². The summed E-state index contributed by atoms with van der Waals surface area (Å²) < 4.78 is 5.29. The van der Waals surface area contributed by atoms with Crippen LogP contribution in [-0.2, 0) is 12.8 Å². The molecule has 0 spiro atoms. The van der Waals surface area contributed by atoms with E-state index in [2.05, 4.69) is 25.9 Å². The van der Waals surface area contributed by atoms with Crippen LogP contribution in [0.3, 0.4) is 0 Å². The van der Waals surface area contributed by atoms with Crippen molar-refractivity contribution in [1.29, 1.82) is 0 Å². The molecule has 0 saturated heterocycles. The molecule has 0 amide bonds. The molecule has 1 aromatic rings. The Morgan fingerprint density at radius 2 is 1.69 bits per heavy atom. The average Bonchev–Trinajstić information content (AvgIpc) is 2.65. The molecule has 0 bridgehead atoms. The highest BCUT2D eigenvalue weighted by atomic mass is 16.5. The fourth-order valence-corrected chi connectivity index (χ4v) is 2.12. The monoisotopic (exact) mass is 223 g/mol. The lowest BCUT2D eigenvalue weighted by Crippen LogP contribution is -1.91. The minimum Gasteiger partial charge on any atom is -0.361 e. The number of hydrogen-bond donors (Lipinski definition) is 0. The molecule has 2 nitrogen and oxygen atoms in total. The third kappa shape index (κ3) is 3.99. The Hall–Kier alpha value is -0.790. The lowest BCUT2D eigenvalue weighted by Gasteiger charge is -2.01. The van der Waals surface area contributed by atoms with Crippen LogP contribution in [0, 0.1) is 6.92 Å². The third-order valence-corrected chi connectivity index (χ3v) is 3.17. The normalized spacial score (nSPS) is 10.9. The van der Waals surface area contributed by atoms with E-state index in [0.717, 1.165) is 24.3 Å². The summed E-state index contributed by atoms with van der Waals surface area (Å²) in [5.41, 5.74) is 2.45. The molecule has 1 rings (SSSR count). The van der Waals surface area contributed by atoms with E-state index in [9.17, 15) is 0 Å². The summed E-state index contributed by atoms with van der Waals surface area (Å²) in [4.78, 5) is 0. The van der Waals surface area contributed by atoms with Crippen LogP contribution in [0.5, 0.6) is 0 Å². The van der Waals surface area contributed by atoms with E-state index >= 15 is 0 Å². The van der Waals surface area contributed by atoms with E-state index in [4.69, 9.17) is 4.52 Å². The first-order chi connectivity index (χ1) is 7.79. The molecular formula is C14H25NO. The molecule has 0 aromatic carbocycles. The summed E-state index contributed by atoms with van der Waals surface area (Å²) in [6.07, 6.45) is 10.2. The van der Waals surface area contributed by atoms with E-state index in [1.54, 1.807) is 0 Å². The van der Waals surface area contributed by atoms with Gasteiger partial charge in [-0.2, -0.15) is 0 Å². The summed E-state index contributed by atoms with van der Waals surface area (Å²) in [6, 6.07) is 0. The van der Waals surface area contributed by atoms with Crippen LogP contribution in [0.15, 0.2) is 4.52 Å². The zero-order valence-corrected chi connectivity index (χ0v) is 11.0. The minimum atomic E-state index is 0.964. The van der Waals surface area contributed by atoms with Gasteiger partial charge in [-0.1, -0.05) is 51.1 Å². The van der Waals surface area contributed by atoms with E-state index in [0.29, 0.717) is 0 Å². The second kappa shape index (κ2) is 7.48. The second-order valence-corrected chi connectivity index (χ2v) is 4.54. The molecular weight excluding hydrogens is 198 g/mol. The predicted octanol–water partition coefficient (Wildman–Crippen LogP) is 4.45. The maximum absolute atomic E-state index is 5.29. The molecule has 0 N–H and O–H groups in total. The van der Waals surface area contributed by atoms with Gasteiger partial charge in [0.25, 0.3) is 0 Å². The highest BCUT2D eigenvalue weighted by Gasteiger charge is 2.10. The zero-order chi connectivity index (χ0) is 11.8. The summed E-state index contributed by atoms with van der Waals surface area (Å²) in [7, 11) is 0. The standard InChI is InChI=1S/C14H25NO/c1-4-6-7-8-9-10-11-13-12(3)15-16-14(13)5-2/h4-11H2,1-3H3. The molecule has 16 heavy (non-hydrogen) atoms. The molecule has 2 heteroatoms. The summed E-state index contributed by atoms with van der Waals surface area (Å²) in [6.45, 7) is 6.44. The van der Waals surface area contributed by atoms with Crippen molar-refractivity contribution >= 4 is 0 Å². The molecule has 0 saturated carbocycles. The van der Waals surface area contributed by atoms with Crippen LogP contribution in [0.2, 0.25) is 0 Å². The molecule has 92 valence electrons. The Morgan fingerprint density at radius 1 is 1.00 bits per heavy atom. The Bertz CT molecular complexity index is 291. The predicted molar refractivity (Wildman–Crippen MR) is 67.7 cm³/mol.